The van der Waals surface area contributed by atoms with E-state index >= 15 is 0 Å². The monoisotopic (exact) mass is 297 g/mol. The van der Waals surface area contributed by atoms with E-state index in [1.165, 1.54) is 17.3 Å². The Balaban J connectivity index is 1.51. The third-order valence-electron chi connectivity index (χ3n) is 3.15. The van der Waals surface area contributed by atoms with Gasteiger partial charge < -0.3 is 5.43 Å². The van der Waals surface area contributed by atoms with Gasteiger partial charge in [0, 0.05) is 11.8 Å². The van der Waals surface area contributed by atoms with Gasteiger partial charge in [-0.1, -0.05) is 42.1 Å². The molecule has 2 atom stereocenters. The Bertz CT molecular complexity index is 586. The predicted octanol–water partition coefficient (Wildman–Crippen LogP) is 0.549. The number of hydrogen-bond donors (Lipinski definition) is 2. The maximum atomic E-state index is 11.4. The lowest BCUT2D eigenvalue weighted by atomic mass is 10.2. The van der Waals surface area contributed by atoms with Gasteiger partial charge in [0.05, 0.1) is 17.5 Å². The summed E-state index contributed by atoms with van der Waals surface area (Å²) >= 11 is 1.52. The van der Waals surface area contributed by atoms with Crippen molar-refractivity contribution in [1.82, 2.24) is 10.9 Å². The van der Waals surface area contributed by atoms with Crippen LogP contribution in [0.3, 0.4) is 0 Å². The minimum Gasteiger partial charge on any atom is -0.300 e. The fourth-order valence-electron chi connectivity index (χ4n) is 2.23. The van der Waals surface area contributed by atoms with E-state index in [9.17, 15) is 8.42 Å². The van der Waals surface area contributed by atoms with Crippen molar-refractivity contribution >= 4 is 26.8 Å². The van der Waals surface area contributed by atoms with Gasteiger partial charge in [-0.2, -0.15) is 0 Å². The molecule has 2 aliphatic heterocycles. The van der Waals surface area contributed by atoms with Gasteiger partial charge in [-0.15, -0.1) is 0 Å². The summed E-state index contributed by atoms with van der Waals surface area (Å²) < 4.78 is 22.9. The zero-order valence-electron chi connectivity index (χ0n) is 10.2. The van der Waals surface area contributed by atoms with Gasteiger partial charge in [0.15, 0.2) is 15.0 Å². The standard InChI is InChI=1S/C12H15N3O2S2/c16-19(17)7-10-11(8-19)18-12(14-10)15-13-6-9-4-2-1-3-5-9/h1-5,10-11,13H,6-8H2,(H,14,15)/t10-,11-/m0/s1. The minimum atomic E-state index is -2.87. The molecule has 0 spiro atoms. The van der Waals surface area contributed by atoms with Crippen LogP contribution in [0.25, 0.3) is 0 Å². The molecular formula is C12H15N3O2S2. The van der Waals surface area contributed by atoms with Gasteiger partial charge in [0.2, 0.25) is 0 Å². The summed E-state index contributed by atoms with van der Waals surface area (Å²) in [4.78, 5) is 4.40. The first-order chi connectivity index (χ1) is 9.12. The Morgan fingerprint density at radius 1 is 1.26 bits per heavy atom. The number of thioether (sulfide) groups is 1. The fraction of sp³-hybridized carbons (Fsp3) is 0.417. The number of rotatable bonds is 3. The Kier molecular flexibility index (Phi) is 3.51. The van der Waals surface area contributed by atoms with Crippen molar-refractivity contribution in [3.05, 3.63) is 35.9 Å². The third-order valence-corrected chi connectivity index (χ3v) is 6.29. The molecule has 0 radical (unpaired) electrons. The quantitative estimate of drug-likeness (QED) is 0.797. The molecule has 2 N–H and O–H groups in total. The van der Waals surface area contributed by atoms with Crippen LogP contribution in [0.4, 0.5) is 0 Å². The van der Waals surface area contributed by atoms with Crippen molar-refractivity contribution in [3.63, 3.8) is 0 Å². The highest BCUT2D eigenvalue weighted by molar-refractivity contribution is 8.15. The lowest BCUT2D eigenvalue weighted by Gasteiger charge is -2.08. The highest BCUT2D eigenvalue weighted by Gasteiger charge is 2.42. The van der Waals surface area contributed by atoms with Crippen LogP contribution in [0.5, 0.6) is 0 Å². The second kappa shape index (κ2) is 5.15. The van der Waals surface area contributed by atoms with E-state index in [1.54, 1.807) is 0 Å². The smallest absolute Gasteiger partial charge is 0.171 e. The molecule has 0 unspecified atom stereocenters. The topological polar surface area (TPSA) is 70.6 Å². The summed E-state index contributed by atoms with van der Waals surface area (Å²) in [5.74, 6) is 0.435. The summed E-state index contributed by atoms with van der Waals surface area (Å²) in [7, 11) is -2.87. The molecule has 1 fully saturated rings. The molecule has 0 amide bonds. The summed E-state index contributed by atoms with van der Waals surface area (Å²) in [6.07, 6.45) is 0. The van der Waals surface area contributed by atoms with E-state index in [0.29, 0.717) is 6.54 Å². The van der Waals surface area contributed by atoms with Crippen LogP contribution in [0.1, 0.15) is 5.56 Å². The molecule has 2 aliphatic rings. The molecule has 0 saturated carbocycles. The number of benzene rings is 1. The van der Waals surface area contributed by atoms with Gasteiger partial charge in [-0.3, -0.25) is 4.99 Å². The summed E-state index contributed by atoms with van der Waals surface area (Å²) in [5, 5.41) is 0.881. The van der Waals surface area contributed by atoms with Crippen LogP contribution in [0.15, 0.2) is 35.3 Å². The first-order valence-electron chi connectivity index (χ1n) is 6.10. The molecule has 19 heavy (non-hydrogen) atoms. The second-order valence-electron chi connectivity index (χ2n) is 4.70. The van der Waals surface area contributed by atoms with E-state index in [0.717, 1.165) is 5.17 Å². The van der Waals surface area contributed by atoms with E-state index in [1.807, 2.05) is 30.3 Å². The third kappa shape index (κ3) is 3.10. The Hall–Kier alpha value is -1.05. The van der Waals surface area contributed by atoms with Gasteiger partial charge >= 0.3 is 0 Å². The van der Waals surface area contributed by atoms with E-state index in [-0.39, 0.29) is 22.8 Å². The molecule has 0 bridgehead atoms. The number of nitrogens with one attached hydrogen (secondary N) is 2. The number of nitrogens with zero attached hydrogens (tertiary/aromatic N) is 1. The first-order valence-corrected chi connectivity index (χ1v) is 8.80. The molecule has 3 rings (SSSR count). The number of sulfone groups is 1. The lowest BCUT2D eigenvalue weighted by molar-refractivity contribution is 0.601. The van der Waals surface area contributed by atoms with E-state index in [2.05, 4.69) is 15.8 Å². The molecular weight excluding hydrogens is 282 g/mol. The Morgan fingerprint density at radius 2 is 2.05 bits per heavy atom. The van der Waals surface area contributed by atoms with E-state index in [4.69, 9.17) is 0 Å². The molecule has 1 saturated heterocycles. The molecule has 7 heteroatoms. The highest BCUT2D eigenvalue weighted by Crippen LogP contribution is 2.33. The van der Waals surface area contributed by atoms with Gasteiger partial charge in [-0.25, -0.2) is 13.8 Å². The summed E-state index contributed by atoms with van der Waals surface area (Å²) in [6, 6.07) is 9.98. The average molecular weight is 297 g/mol. The zero-order valence-corrected chi connectivity index (χ0v) is 11.9. The van der Waals surface area contributed by atoms with Crippen molar-refractivity contribution in [2.75, 3.05) is 11.5 Å². The first kappa shape index (κ1) is 13.0. The molecule has 1 aromatic rings. The number of hydrogen-bond acceptors (Lipinski definition) is 6. The minimum absolute atomic E-state index is 0.0731. The summed E-state index contributed by atoms with van der Waals surface area (Å²) in [6.45, 7) is 0.702. The van der Waals surface area contributed by atoms with Crippen molar-refractivity contribution < 1.29 is 8.42 Å². The largest absolute Gasteiger partial charge is 0.300 e. The molecule has 5 nitrogen and oxygen atoms in total. The zero-order chi connectivity index (χ0) is 13.3. The highest BCUT2D eigenvalue weighted by atomic mass is 32.2. The Morgan fingerprint density at radius 3 is 2.79 bits per heavy atom. The maximum Gasteiger partial charge on any atom is 0.171 e. The average Bonchev–Trinajstić information content (AvgIpc) is 2.83. The van der Waals surface area contributed by atoms with Gasteiger partial charge in [0.1, 0.15) is 0 Å². The lowest BCUT2D eigenvalue weighted by Crippen LogP contribution is -2.34. The van der Waals surface area contributed by atoms with E-state index < -0.39 is 9.84 Å². The van der Waals surface area contributed by atoms with Crippen molar-refractivity contribution in [1.29, 1.82) is 0 Å². The van der Waals surface area contributed by atoms with Crippen LogP contribution >= 0.6 is 11.8 Å². The maximum absolute atomic E-state index is 11.4. The van der Waals surface area contributed by atoms with Crippen molar-refractivity contribution in [2.45, 2.75) is 17.8 Å². The molecule has 0 aromatic heterocycles. The van der Waals surface area contributed by atoms with Gasteiger partial charge in [0.25, 0.3) is 0 Å². The van der Waals surface area contributed by atoms with Crippen LogP contribution in [-0.2, 0) is 16.4 Å². The molecule has 0 aliphatic carbocycles. The molecule has 102 valence electrons. The van der Waals surface area contributed by atoms with Crippen molar-refractivity contribution in [2.24, 2.45) is 4.99 Å². The number of fused-ring (bicyclic) bond motifs is 1. The molecule has 2 heterocycles. The predicted molar refractivity (Wildman–Crippen MR) is 77.7 cm³/mol. The van der Waals surface area contributed by atoms with Crippen LogP contribution in [0, 0.1) is 0 Å². The van der Waals surface area contributed by atoms with Crippen LogP contribution < -0.4 is 10.9 Å². The van der Waals surface area contributed by atoms with Crippen LogP contribution in [-0.4, -0.2) is 36.4 Å². The van der Waals surface area contributed by atoms with Crippen molar-refractivity contribution in [3.8, 4) is 0 Å². The Labute approximate surface area is 116 Å². The SMILES string of the molecule is O=S1(=O)C[C@@H]2N=C(NNCc3ccccc3)S[C@H]2C1. The van der Waals surface area contributed by atoms with Crippen LogP contribution in [0.2, 0.25) is 0 Å². The number of aliphatic imine (C=N–C) groups is 1. The summed E-state index contributed by atoms with van der Waals surface area (Å²) in [5.41, 5.74) is 7.34. The fourth-order valence-corrected chi connectivity index (χ4v) is 5.86. The second-order valence-corrected chi connectivity index (χ2v) is 8.08. The number of amidine groups is 1. The normalized spacial score (nSPS) is 27.9. The molecule has 1 aromatic carbocycles. The van der Waals surface area contributed by atoms with Gasteiger partial charge in [-0.05, 0) is 5.56 Å². The number of hydrazine groups is 1.